The molecule has 0 aliphatic carbocycles. The predicted molar refractivity (Wildman–Crippen MR) is 68.1 cm³/mol. The monoisotopic (exact) mass is 268 g/mol. The van der Waals surface area contributed by atoms with E-state index in [1.165, 1.54) is 31.4 Å². The Balaban J connectivity index is 2.44. The quantitative estimate of drug-likeness (QED) is 0.453. The standard InChI is InChI=1S/C12H16N2O5/c1-13-11(12(15)18-2)7-8-19-10-5-3-9(4-6-10)14(16)17/h3-6,11,13H,7-8H2,1-2H3. The van der Waals surface area contributed by atoms with Crippen molar-refractivity contribution in [1.29, 1.82) is 0 Å². The summed E-state index contributed by atoms with van der Waals surface area (Å²) in [5, 5.41) is 13.3. The van der Waals surface area contributed by atoms with E-state index in [1.807, 2.05) is 0 Å². The minimum absolute atomic E-state index is 0.00927. The summed E-state index contributed by atoms with van der Waals surface area (Å²) in [5.74, 6) is 0.167. The van der Waals surface area contributed by atoms with Gasteiger partial charge in [0.1, 0.15) is 11.8 Å². The average Bonchev–Trinajstić information content (AvgIpc) is 2.43. The number of nitrogens with zero attached hydrogens (tertiary/aromatic N) is 1. The Kier molecular flexibility index (Phi) is 5.74. The van der Waals surface area contributed by atoms with Crippen molar-refractivity contribution in [3.8, 4) is 5.75 Å². The van der Waals surface area contributed by atoms with Crippen LogP contribution in [0.15, 0.2) is 24.3 Å². The van der Waals surface area contributed by atoms with E-state index in [0.29, 0.717) is 18.8 Å². The lowest BCUT2D eigenvalue weighted by Gasteiger charge is -2.13. The van der Waals surface area contributed by atoms with Crippen molar-refractivity contribution in [2.45, 2.75) is 12.5 Å². The molecule has 0 saturated heterocycles. The molecule has 1 rings (SSSR count). The molecular weight excluding hydrogens is 252 g/mol. The van der Waals surface area contributed by atoms with Crippen LogP contribution in [0.3, 0.4) is 0 Å². The topological polar surface area (TPSA) is 90.7 Å². The molecule has 1 unspecified atom stereocenters. The number of non-ortho nitro benzene ring substituents is 1. The number of carbonyl (C=O) groups excluding carboxylic acids is 1. The molecule has 0 aromatic heterocycles. The first kappa shape index (κ1) is 14.9. The van der Waals surface area contributed by atoms with Crippen LogP contribution in [-0.4, -0.2) is 37.7 Å². The molecular formula is C12H16N2O5. The lowest BCUT2D eigenvalue weighted by molar-refractivity contribution is -0.384. The van der Waals surface area contributed by atoms with Crippen molar-refractivity contribution in [2.24, 2.45) is 0 Å². The van der Waals surface area contributed by atoms with Crippen LogP contribution in [-0.2, 0) is 9.53 Å². The van der Waals surface area contributed by atoms with E-state index in [2.05, 4.69) is 10.1 Å². The Morgan fingerprint density at radius 3 is 2.53 bits per heavy atom. The molecule has 0 radical (unpaired) electrons. The Morgan fingerprint density at radius 1 is 1.42 bits per heavy atom. The number of methoxy groups -OCH3 is 1. The summed E-state index contributed by atoms with van der Waals surface area (Å²) in [6, 6.07) is 5.34. The number of rotatable bonds is 7. The molecule has 0 amide bonds. The van der Waals surface area contributed by atoms with Gasteiger partial charge in [-0.2, -0.15) is 0 Å². The van der Waals surface area contributed by atoms with Crippen LogP contribution in [0.5, 0.6) is 5.75 Å². The number of hydrogen-bond donors (Lipinski definition) is 1. The maximum atomic E-state index is 11.3. The summed E-state index contributed by atoms with van der Waals surface area (Å²) in [4.78, 5) is 21.3. The number of benzene rings is 1. The third-order valence-electron chi connectivity index (χ3n) is 2.56. The fourth-order valence-corrected chi connectivity index (χ4v) is 1.48. The zero-order valence-corrected chi connectivity index (χ0v) is 10.8. The third kappa shape index (κ3) is 4.55. The third-order valence-corrected chi connectivity index (χ3v) is 2.56. The Morgan fingerprint density at radius 2 is 2.05 bits per heavy atom. The molecule has 1 atom stereocenters. The molecule has 7 heteroatoms. The van der Waals surface area contributed by atoms with Crippen LogP contribution in [0, 0.1) is 10.1 Å². The highest BCUT2D eigenvalue weighted by Crippen LogP contribution is 2.17. The highest BCUT2D eigenvalue weighted by molar-refractivity contribution is 5.75. The van der Waals surface area contributed by atoms with Crippen LogP contribution in [0.4, 0.5) is 5.69 Å². The number of ether oxygens (including phenoxy) is 2. The molecule has 0 spiro atoms. The first-order chi connectivity index (χ1) is 9.08. The lowest BCUT2D eigenvalue weighted by Crippen LogP contribution is -2.36. The van der Waals surface area contributed by atoms with Gasteiger partial charge in [-0.05, 0) is 19.2 Å². The number of nitrogens with one attached hydrogen (secondary N) is 1. The van der Waals surface area contributed by atoms with Crippen molar-refractivity contribution in [3.05, 3.63) is 34.4 Å². The minimum atomic E-state index is -0.474. The van der Waals surface area contributed by atoms with Crippen molar-refractivity contribution in [2.75, 3.05) is 20.8 Å². The summed E-state index contributed by atoms with van der Waals surface area (Å²) >= 11 is 0. The first-order valence-electron chi connectivity index (χ1n) is 5.71. The largest absolute Gasteiger partial charge is 0.494 e. The van der Waals surface area contributed by atoms with Crippen LogP contribution in [0.2, 0.25) is 0 Å². The fourth-order valence-electron chi connectivity index (χ4n) is 1.48. The molecule has 1 aromatic carbocycles. The summed E-state index contributed by atoms with van der Waals surface area (Å²) in [7, 11) is 2.98. The smallest absolute Gasteiger partial charge is 0.322 e. The number of esters is 1. The van der Waals surface area contributed by atoms with Gasteiger partial charge in [0, 0.05) is 18.6 Å². The number of carbonyl (C=O) groups is 1. The molecule has 0 fully saturated rings. The molecule has 19 heavy (non-hydrogen) atoms. The lowest BCUT2D eigenvalue weighted by atomic mass is 10.2. The van der Waals surface area contributed by atoms with Gasteiger partial charge >= 0.3 is 5.97 Å². The Bertz CT molecular complexity index is 432. The van der Waals surface area contributed by atoms with Gasteiger partial charge in [-0.1, -0.05) is 0 Å². The van der Waals surface area contributed by atoms with Gasteiger partial charge in [-0.25, -0.2) is 0 Å². The molecule has 1 N–H and O–H groups in total. The molecule has 0 heterocycles. The summed E-state index contributed by atoms with van der Waals surface area (Å²) < 4.78 is 10.0. The van der Waals surface area contributed by atoms with E-state index in [-0.39, 0.29) is 11.7 Å². The fraction of sp³-hybridized carbons (Fsp3) is 0.417. The second kappa shape index (κ2) is 7.32. The molecule has 104 valence electrons. The van der Waals surface area contributed by atoms with Crippen molar-refractivity contribution in [1.82, 2.24) is 5.32 Å². The van der Waals surface area contributed by atoms with E-state index in [9.17, 15) is 14.9 Å². The molecule has 7 nitrogen and oxygen atoms in total. The Hall–Kier alpha value is -2.15. The normalized spacial score (nSPS) is 11.7. The Labute approximate surface area is 110 Å². The van der Waals surface area contributed by atoms with Crippen molar-refractivity contribution < 1.29 is 19.2 Å². The maximum Gasteiger partial charge on any atom is 0.322 e. The molecule has 0 bridgehead atoms. The SMILES string of the molecule is CNC(CCOc1ccc([N+](=O)[O-])cc1)C(=O)OC. The number of likely N-dealkylation sites (N-methyl/N-ethyl adjacent to an activating group) is 1. The molecule has 0 aliphatic rings. The molecule has 1 aromatic rings. The van der Waals surface area contributed by atoms with E-state index >= 15 is 0 Å². The first-order valence-corrected chi connectivity index (χ1v) is 5.71. The minimum Gasteiger partial charge on any atom is -0.494 e. The van der Waals surface area contributed by atoms with Gasteiger partial charge in [0.05, 0.1) is 18.6 Å². The zero-order chi connectivity index (χ0) is 14.3. The van der Waals surface area contributed by atoms with E-state index in [1.54, 1.807) is 7.05 Å². The second-order valence-corrected chi connectivity index (χ2v) is 3.75. The van der Waals surface area contributed by atoms with Crippen LogP contribution >= 0.6 is 0 Å². The second-order valence-electron chi connectivity index (χ2n) is 3.75. The summed E-state index contributed by atoms with van der Waals surface area (Å²) in [6.45, 7) is 0.304. The van der Waals surface area contributed by atoms with Gasteiger partial charge in [-0.15, -0.1) is 0 Å². The maximum absolute atomic E-state index is 11.3. The summed E-state index contributed by atoms with van der Waals surface area (Å²) in [6.07, 6.45) is 0.445. The van der Waals surface area contributed by atoms with E-state index in [4.69, 9.17) is 4.74 Å². The van der Waals surface area contributed by atoms with E-state index < -0.39 is 11.0 Å². The molecule has 0 saturated carbocycles. The van der Waals surface area contributed by atoms with Crippen molar-refractivity contribution in [3.63, 3.8) is 0 Å². The highest BCUT2D eigenvalue weighted by atomic mass is 16.6. The van der Waals surface area contributed by atoms with Gasteiger partial charge in [0.2, 0.25) is 0 Å². The van der Waals surface area contributed by atoms with Crippen molar-refractivity contribution >= 4 is 11.7 Å². The highest BCUT2D eigenvalue weighted by Gasteiger charge is 2.16. The van der Waals surface area contributed by atoms with Gasteiger partial charge in [0.15, 0.2) is 0 Å². The van der Waals surface area contributed by atoms with E-state index in [0.717, 1.165) is 0 Å². The van der Waals surface area contributed by atoms with Crippen LogP contribution in [0.25, 0.3) is 0 Å². The number of nitro groups is 1. The predicted octanol–water partition coefficient (Wildman–Crippen LogP) is 1.12. The molecule has 0 aliphatic heterocycles. The van der Waals surface area contributed by atoms with Crippen LogP contribution < -0.4 is 10.1 Å². The average molecular weight is 268 g/mol. The number of hydrogen-bond acceptors (Lipinski definition) is 6. The zero-order valence-electron chi connectivity index (χ0n) is 10.8. The van der Waals surface area contributed by atoms with Gasteiger partial charge < -0.3 is 14.8 Å². The van der Waals surface area contributed by atoms with Crippen LogP contribution in [0.1, 0.15) is 6.42 Å². The number of nitro benzene ring substituents is 1. The summed E-state index contributed by atoms with van der Waals surface area (Å²) in [5.41, 5.74) is 0.00927. The van der Waals surface area contributed by atoms with Gasteiger partial charge in [0.25, 0.3) is 5.69 Å². The van der Waals surface area contributed by atoms with Gasteiger partial charge in [-0.3, -0.25) is 14.9 Å².